The van der Waals surface area contributed by atoms with Gasteiger partial charge in [-0.05, 0) is 54.3 Å². The predicted octanol–water partition coefficient (Wildman–Crippen LogP) is 3.11. The molecule has 0 bridgehead atoms. The van der Waals surface area contributed by atoms with Crippen LogP contribution in [0.25, 0.3) is 10.9 Å². The quantitative estimate of drug-likeness (QED) is 0.427. The molecule has 4 amide bonds. The number of hydrogen-bond acceptors (Lipinski definition) is 5. The second-order valence-electron chi connectivity index (χ2n) is 8.26. The highest BCUT2D eigenvalue weighted by molar-refractivity contribution is 6.31. The van der Waals surface area contributed by atoms with E-state index in [9.17, 15) is 14.4 Å². The summed E-state index contributed by atoms with van der Waals surface area (Å²) in [6.45, 7) is 0.736. The second-order valence-corrected chi connectivity index (χ2v) is 8.69. The molecule has 1 atom stereocenters. The maximum absolute atomic E-state index is 12.7. The average molecular weight is 483 g/mol. The molecule has 0 saturated carbocycles. The summed E-state index contributed by atoms with van der Waals surface area (Å²) in [5, 5.41) is 7.24. The van der Waals surface area contributed by atoms with Crippen LogP contribution in [0.1, 0.15) is 24.0 Å². The Morgan fingerprint density at radius 3 is 2.88 bits per heavy atom. The Morgan fingerprint density at radius 1 is 1.15 bits per heavy atom. The first kappa shape index (κ1) is 22.1. The van der Waals surface area contributed by atoms with Gasteiger partial charge >= 0.3 is 6.03 Å². The standard InChI is InChI=1S/C24H23ClN4O5/c25-16-2-3-18-17(10-16)15(11-27-18)7-8-26-22(30)6-4-19-23(31)29(24(32)28-19)12-14-1-5-20-21(9-14)34-13-33-20/h1-3,5,9-11,19,27H,4,6-8,12-13H2,(H,26,30)(H,28,32). The normalized spacial score (nSPS) is 16.9. The zero-order valence-electron chi connectivity index (χ0n) is 18.2. The number of H-pyrrole nitrogens is 1. The summed E-state index contributed by atoms with van der Waals surface area (Å²) in [7, 11) is 0. The van der Waals surface area contributed by atoms with Gasteiger partial charge in [0, 0.05) is 35.1 Å². The number of aromatic nitrogens is 1. The number of nitrogens with zero attached hydrogens (tertiary/aromatic N) is 1. The molecule has 3 N–H and O–H groups in total. The molecule has 3 heterocycles. The second kappa shape index (κ2) is 9.26. The molecule has 2 aliphatic heterocycles. The third kappa shape index (κ3) is 4.51. The summed E-state index contributed by atoms with van der Waals surface area (Å²) in [6, 6.07) is 9.75. The number of urea groups is 1. The SMILES string of the molecule is O=C(CCC1NC(=O)N(Cc2ccc3c(c2)OCO3)C1=O)NCCc1c[nH]c2ccc(Cl)cc12. The fourth-order valence-electron chi connectivity index (χ4n) is 4.20. The van der Waals surface area contributed by atoms with Crippen LogP contribution < -0.4 is 20.1 Å². The first-order valence-corrected chi connectivity index (χ1v) is 11.4. The van der Waals surface area contributed by atoms with Crippen LogP contribution in [-0.4, -0.2) is 47.1 Å². The number of carbonyl (C=O) groups excluding carboxylic acids is 3. The number of hydrogen-bond donors (Lipinski definition) is 3. The van der Waals surface area contributed by atoms with Crippen LogP contribution in [0, 0.1) is 0 Å². The number of fused-ring (bicyclic) bond motifs is 2. The average Bonchev–Trinajstić information content (AvgIpc) is 3.52. The lowest BCUT2D eigenvalue weighted by atomic mass is 10.1. The number of benzene rings is 2. The van der Waals surface area contributed by atoms with Crippen LogP contribution >= 0.6 is 11.6 Å². The molecule has 34 heavy (non-hydrogen) atoms. The number of aromatic amines is 1. The molecule has 1 unspecified atom stereocenters. The maximum atomic E-state index is 12.7. The smallest absolute Gasteiger partial charge is 0.325 e. The summed E-state index contributed by atoms with van der Waals surface area (Å²) in [6.07, 6.45) is 2.92. The molecule has 0 radical (unpaired) electrons. The highest BCUT2D eigenvalue weighted by atomic mass is 35.5. The summed E-state index contributed by atoms with van der Waals surface area (Å²) in [4.78, 5) is 41.7. The molecule has 1 saturated heterocycles. The lowest BCUT2D eigenvalue weighted by molar-refractivity contribution is -0.128. The molecule has 5 rings (SSSR count). The zero-order chi connectivity index (χ0) is 23.7. The van der Waals surface area contributed by atoms with E-state index in [-0.39, 0.29) is 38.0 Å². The van der Waals surface area contributed by atoms with Gasteiger partial charge in [0.15, 0.2) is 11.5 Å². The van der Waals surface area contributed by atoms with Crippen molar-refractivity contribution >= 4 is 40.3 Å². The maximum Gasteiger partial charge on any atom is 0.325 e. The Bertz CT molecular complexity index is 1270. The molecule has 0 aliphatic carbocycles. The van der Waals surface area contributed by atoms with Crippen molar-refractivity contribution in [3.05, 3.63) is 58.7 Å². The van der Waals surface area contributed by atoms with Crippen LogP contribution in [-0.2, 0) is 22.6 Å². The number of carbonyl (C=O) groups is 3. The topological polar surface area (TPSA) is 113 Å². The van der Waals surface area contributed by atoms with Crippen molar-refractivity contribution in [1.29, 1.82) is 0 Å². The van der Waals surface area contributed by atoms with Gasteiger partial charge in [-0.1, -0.05) is 17.7 Å². The highest BCUT2D eigenvalue weighted by Gasteiger charge is 2.38. The van der Waals surface area contributed by atoms with E-state index in [0.29, 0.717) is 29.5 Å². The first-order valence-electron chi connectivity index (χ1n) is 11.0. The Labute approximate surface area is 200 Å². The van der Waals surface area contributed by atoms with Gasteiger partial charge in [-0.3, -0.25) is 14.5 Å². The summed E-state index contributed by atoms with van der Waals surface area (Å²) in [5.74, 6) is 0.715. The Hall–Kier alpha value is -3.72. The van der Waals surface area contributed by atoms with Gasteiger partial charge in [0.2, 0.25) is 12.7 Å². The number of nitrogens with one attached hydrogen (secondary N) is 3. The van der Waals surface area contributed by atoms with E-state index in [1.807, 2.05) is 24.4 Å². The minimum Gasteiger partial charge on any atom is -0.454 e. The fourth-order valence-corrected chi connectivity index (χ4v) is 4.37. The molecular formula is C24H23ClN4O5. The molecule has 1 aromatic heterocycles. The third-order valence-electron chi connectivity index (χ3n) is 5.99. The van der Waals surface area contributed by atoms with Crippen LogP contribution in [0.2, 0.25) is 5.02 Å². The van der Waals surface area contributed by atoms with Crippen molar-refractivity contribution in [3.63, 3.8) is 0 Å². The van der Waals surface area contributed by atoms with Crippen molar-refractivity contribution in [2.75, 3.05) is 13.3 Å². The largest absolute Gasteiger partial charge is 0.454 e. The van der Waals surface area contributed by atoms with E-state index in [0.717, 1.165) is 26.9 Å². The highest BCUT2D eigenvalue weighted by Crippen LogP contribution is 2.33. The molecule has 2 aliphatic rings. The summed E-state index contributed by atoms with van der Waals surface area (Å²) < 4.78 is 10.6. The molecule has 1 fully saturated rings. The van der Waals surface area contributed by atoms with Crippen molar-refractivity contribution in [2.45, 2.75) is 31.8 Å². The van der Waals surface area contributed by atoms with Gasteiger partial charge in [-0.15, -0.1) is 0 Å². The molecule has 10 heteroatoms. The Balaban J connectivity index is 1.09. The fraction of sp³-hybridized carbons (Fsp3) is 0.292. The van der Waals surface area contributed by atoms with Crippen molar-refractivity contribution in [2.24, 2.45) is 0 Å². The summed E-state index contributed by atoms with van der Waals surface area (Å²) in [5.41, 5.74) is 2.81. The van der Waals surface area contributed by atoms with E-state index in [2.05, 4.69) is 15.6 Å². The number of ether oxygens (including phenoxy) is 2. The molecule has 0 spiro atoms. The van der Waals surface area contributed by atoms with Gasteiger partial charge in [0.1, 0.15) is 6.04 Å². The van der Waals surface area contributed by atoms with E-state index >= 15 is 0 Å². The monoisotopic (exact) mass is 482 g/mol. The van der Waals surface area contributed by atoms with Gasteiger partial charge < -0.3 is 25.1 Å². The van der Waals surface area contributed by atoms with Crippen molar-refractivity contribution < 1.29 is 23.9 Å². The van der Waals surface area contributed by atoms with Crippen molar-refractivity contribution in [3.8, 4) is 11.5 Å². The van der Waals surface area contributed by atoms with Gasteiger partial charge in [-0.2, -0.15) is 0 Å². The summed E-state index contributed by atoms with van der Waals surface area (Å²) >= 11 is 6.08. The molecule has 3 aromatic rings. The zero-order valence-corrected chi connectivity index (χ0v) is 19.0. The number of imide groups is 1. The molecular weight excluding hydrogens is 460 g/mol. The van der Waals surface area contributed by atoms with Gasteiger partial charge in [-0.25, -0.2) is 4.79 Å². The van der Waals surface area contributed by atoms with E-state index < -0.39 is 12.1 Å². The lowest BCUT2D eigenvalue weighted by Gasteiger charge is -2.13. The van der Waals surface area contributed by atoms with E-state index in [4.69, 9.17) is 21.1 Å². The van der Waals surface area contributed by atoms with Crippen LogP contribution in [0.15, 0.2) is 42.6 Å². The third-order valence-corrected chi connectivity index (χ3v) is 6.23. The molecule has 176 valence electrons. The first-order chi connectivity index (χ1) is 16.5. The molecule has 2 aromatic carbocycles. The lowest BCUT2D eigenvalue weighted by Crippen LogP contribution is -2.33. The van der Waals surface area contributed by atoms with Gasteiger partial charge in [0.25, 0.3) is 5.91 Å². The van der Waals surface area contributed by atoms with E-state index in [1.54, 1.807) is 18.2 Å². The minimum absolute atomic E-state index is 0.124. The molecule has 9 nitrogen and oxygen atoms in total. The van der Waals surface area contributed by atoms with Crippen LogP contribution in [0.4, 0.5) is 4.79 Å². The van der Waals surface area contributed by atoms with Crippen molar-refractivity contribution in [1.82, 2.24) is 20.5 Å². The number of amides is 4. The number of rotatable bonds is 8. The Kier molecular flexibility index (Phi) is 6.02. The van der Waals surface area contributed by atoms with E-state index in [1.165, 1.54) is 0 Å². The Morgan fingerprint density at radius 2 is 2.00 bits per heavy atom. The van der Waals surface area contributed by atoms with Gasteiger partial charge in [0.05, 0.1) is 6.54 Å². The minimum atomic E-state index is -0.719. The number of halogens is 1. The van der Waals surface area contributed by atoms with Crippen LogP contribution in [0.3, 0.4) is 0 Å². The predicted molar refractivity (Wildman–Crippen MR) is 125 cm³/mol. The van der Waals surface area contributed by atoms with Crippen LogP contribution in [0.5, 0.6) is 11.5 Å².